The summed E-state index contributed by atoms with van der Waals surface area (Å²) in [6.07, 6.45) is 1.69. The molecule has 0 bridgehead atoms. The molecule has 0 spiro atoms. The van der Waals surface area contributed by atoms with Crippen LogP contribution in [0.1, 0.15) is 5.69 Å². The number of methoxy groups -OCH3 is 1. The Morgan fingerprint density at radius 2 is 1.95 bits per heavy atom. The van der Waals surface area contributed by atoms with Gasteiger partial charge < -0.3 is 10.1 Å². The number of anilines is 1. The van der Waals surface area contributed by atoms with Crippen LogP contribution in [0.15, 0.2) is 48.7 Å². The number of nitrogens with zero attached hydrogens (tertiary/aromatic N) is 2. The highest BCUT2D eigenvalue weighted by Gasteiger charge is 2.05. The van der Waals surface area contributed by atoms with Crippen LogP contribution >= 0.6 is 0 Å². The van der Waals surface area contributed by atoms with Gasteiger partial charge in [-0.1, -0.05) is 12.1 Å². The molecule has 1 heterocycles. The maximum atomic E-state index is 13.7. The molecule has 0 atom stereocenters. The predicted octanol–water partition coefficient (Wildman–Crippen LogP) is 3.39. The fourth-order valence-electron chi connectivity index (χ4n) is 2.03. The molecular weight excluding hydrogens is 269 g/mol. The average molecular weight is 283 g/mol. The summed E-state index contributed by atoms with van der Waals surface area (Å²) in [5, 5.41) is 3.01. The molecule has 0 radical (unpaired) electrons. The van der Waals surface area contributed by atoms with Crippen molar-refractivity contribution in [1.82, 2.24) is 9.97 Å². The zero-order chi connectivity index (χ0) is 14.7. The summed E-state index contributed by atoms with van der Waals surface area (Å²) in [4.78, 5) is 8.81. The van der Waals surface area contributed by atoms with Crippen LogP contribution in [0.3, 0.4) is 0 Å². The van der Waals surface area contributed by atoms with E-state index in [0.717, 1.165) is 16.7 Å². The average Bonchev–Trinajstić information content (AvgIpc) is 2.54. The number of rotatable bonds is 4. The van der Waals surface area contributed by atoms with Crippen molar-refractivity contribution in [3.8, 4) is 5.75 Å². The van der Waals surface area contributed by atoms with E-state index in [1.165, 1.54) is 6.07 Å². The lowest BCUT2D eigenvalue weighted by Crippen LogP contribution is -2.04. The zero-order valence-electron chi connectivity index (χ0n) is 11.5. The normalized spacial score (nSPS) is 10.6. The number of benzene rings is 2. The van der Waals surface area contributed by atoms with Crippen molar-refractivity contribution in [2.24, 2.45) is 0 Å². The number of hydrogen-bond acceptors (Lipinski definition) is 4. The summed E-state index contributed by atoms with van der Waals surface area (Å²) in [5.74, 6) is 0.271. The van der Waals surface area contributed by atoms with Gasteiger partial charge in [-0.25, -0.2) is 9.37 Å². The lowest BCUT2D eigenvalue weighted by Gasteiger charge is -2.09. The van der Waals surface area contributed by atoms with Crippen molar-refractivity contribution in [2.75, 3.05) is 12.4 Å². The minimum Gasteiger partial charge on any atom is -0.497 e. The van der Waals surface area contributed by atoms with Gasteiger partial charge in [0.1, 0.15) is 11.6 Å². The highest BCUT2D eigenvalue weighted by molar-refractivity contribution is 5.73. The second-order valence-corrected chi connectivity index (χ2v) is 4.55. The predicted molar refractivity (Wildman–Crippen MR) is 79.8 cm³/mol. The molecule has 2 aromatic carbocycles. The molecule has 3 aromatic rings. The number of halogens is 1. The summed E-state index contributed by atoms with van der Waals surface area (Å²) < 4.78 is 18.8. The van der Waals surface area contributed by atoms with Crippen LogP contribution in [-0.2, 0) is 6.54 Å². The molecular formula is C16H14FN3O. The molecule has 0 unspecified atom stereocenters. The summed E-state index contributed by atoms with van der Waals surface area (Å²) in [5.41, 5.74) is 2.79. The molecule has 0 saturated carbocycles. The van der Waals surface area contributed by atoms with Crippen LogP contribution in [0.2, 0.25) is 0 Å². The van der Waals surface area contributed by atoms with Gasteiger partial charge in [0, 0.05) is 6.07 Å². The fourth-order valence-corrected chi connectivity index (χ4v) is 2.03. The van der Waals surface area contributed by atoms with E-state index in [4.69, 9.17) is 4.74 Å². The monoisotopic (exact) mass is 283 g/mol. The van der Waals surface area contributed by atoms with Crippen LogP contribution in [-0.4, -0.2) is 17.1 Å². The first-order valence-corrected chi connectivity index (χ1v) is 6.54. The highest BCUT2D eigenvalue weighted by Crippen LogP contribution is 2.21. The van der Waals surface area contributed by atoms with Gasteiger partial charge in [-0.2, -0.15) is 0 Å². The van der Waals surface area contributed by atoms with Gasteiger partial charge in [-0.05, 0) is 24.3 Å². The number of aromatic nitrogens is 2. The number of hydrogen-bond donors (Lipinski definition) is 1. The van der Waals surface area contributed by atoms with Crippen molar-refractivity contribution in [3.05, 3.63) is 60.2 Å². The van der Waals surface area contributed by atoms with E-state index in [2.05, 4.69) is 15.3 Å². The van der Waals surface area contributed by atoms with Crippen LogP contribution in [0.5, 0.6) is 5.75 Å². The Morgan fingerprint density at radius 3 is 2.76 bits per heavy atom. The van der Waals surface area contributed by atoms with Gasteiger partial charge in [0.15, 0.2) is 0 Å². The third-order valence-corrected chi connectivity index (χ3v) is 3.13. The quantitative estimate of drug-likeness (QED) is 0.797. The molecule has 0 fully saturated rings. The van der Waals surface area contributed by atoms with Gasteiger partial charge in [0.2, 0.25) is 0 Å². The molecule has 106 valence electrons. The standard InChI is InChI=1S/C16H14FN3O/c1-21-12-6-7-13(17)16(8-12)19-10-11-9-18-14-4-2-3-5-15(14)20-11/h2-9,19H,10H2,1H3. The van der Waals surface area contributed by atoms with E-state index in [9.17, 15) is 4.39 Å². The van der Waals surface area contributed by atoms with Crippen LogP contribution in [0.4, 0.5) is 10.1 Å². The van der Waals surface area contributed by atoms with Crippen LogP contribution in [0.25, 0.3) is 11.0 Å². The molecule has 0 amide bonds. The largest absolute Gasteiger partial charge is 0.497 e. The van der Waals surface area contributed by atoms with Crippen molar-refractivity contribution in [1.29, 1.82) is 0 Å². The summed E-state index contributed by atoms with van der Waals surface area (Å²) in [6, 6.07) is 12.2. The first kappa shape index (κ1) is 13.3. The number of ether oxygens (including phenoxy) is 1. The molecule has 0 aliphatic rings. The Morgan fingerprint density at radius 1 is 1.14 bits per heavy atom. The van der Waals surface area contributed by atoms with E-state index < -0.39 is 0 Å². The van der Waals surface area contributed by atoms with Crippen LogP contribution in [0, 0.1) is 5.82 Å². The van der Waals surface area contributed by atoms with Gasteiger partial charge in [0.05, 0.1) is 42.3 Å². The van der Waals surface area contributed by atoms with Crippen molar-refractivity contribution < 1.29 is 9.13 Å². The number of nitrogens with one attached hydrogen (secondary N) is 1. The second kappa shape index (κ2) is 5.75. The third kappa shape index (κ3) is 2.91. The number of fused-ring (bicyclic) bond motifs is 1. The number of para-hydroxylation sites is 2. The highest BCUT2D eigenvalue weighted by atomic mass is 19.1. The molecule has 3 rings (SSSR count). The molecule has 21 heavy (non-hydrogen) atoms. The smallest absolute Gasteiger partial charge is 0.146 e. The first-order chi connectivity index (χ1) is 10.3. The van der Waals surface area contributed by atoms with E-state index in [-0.39, 0.29) is 5.82 Å². The Balaban J connectivity index is 1.80. The Hall–Kier alpha value is -2.69. The van der Waals surface area contributed by atoms with Gasteiger partial charge in [-0.15, -0.1) is 0 Å². The van der Waals surface area contributed by atoms with Gasteiger partial charge >= 0.3 is 0 Å². The molecule has 5 heteroatoms. The summed E-state index contributed by atoms with van der Waals surface area (Å²) in [7, 11) is 1.55. The molecule has 0 aliphatic heterocycles. The molecule has 1 aromatic heterocycles. The van der Waals surface area contributed by atoms with E-state index in [0.29, 0.717) is 18.0 Å². The lowest BCUT2D eigenvalue weighted by atomic mass is 10.2. The van der Waals surface area contributed by atoms with Crippen molar-refractivity contribution in [2.45, 2.75) is 6.54 Å². The van der Waals surface area contributed by atoms with Crippen molar-refractivity contribution in [3.63, 3.8) is 0 Å². The summed E-state index contributed by atoms with van der Waals surface area (Å²) in [6.45, 7) is 0.391. The lowest BCUT2D eigenvalue weighted by molar-refractivity contribution is 0.414. The molecule has 0 aliphatic carbocycles. The summed E-state index contributed by atoms with van der Waals surface area (Å²) >= 11 is 0. The Labute approximate surface area is 121 Å². The van der Waals surface area contributed by atoms with Gasteiger partial charge in [-0.3, -0.25) is 4.98 Å². The maximum absolute atomic E-state index is 13.7. The second-order valence-electron chi connectivity index (χ2n) is 4.55. The third-order valence-electron chi connectivity index (χ3n) is 3.13. The first-order valence-electron chi connectivity index (χ1n) is 6.54. The Bertz CT molecular complexity index is 776. The zero-order valence-corrected chi connectivity index (χ0v) is 11.5. The van der Waals surface area contributed by atoms with Gasteiger partial charge in [0.25, 0.3) is 0 Å². The molecule has 0 saturated heterocycles. The Kier molecular flexibility index (Phi) is 3.64. The molecule has 1 N–H and O–H groups in total. The fraction of sp³-hybridized carbons (Fsp3) is 0.125. The SMILES string of the molecule is COc1ccc(F)c(NCc2cnc3ccccc3n2)c1. The molecule has 4 nitrogen and oxygen atoms in total. The topological polar surface area (TPSA) is 47.0 Å². The minimum atomic E-state index is -0.329. The maximum Gasteiger partial charge on any atom is 0.146 e. The van der Waals surface area contributed by atoms with E-state index >= 15 is 0 Å². The minimum absolute atomic E-state index is 0.329. The van der Waals surface area contributed by atoms with E-state index in [1.807, 2.05) is 24.3 Å². The van der Waals surface area contributed by atoms with Crippen molar-refractivity contribution >= 4 is 16.7 Å². The van der Waals surface area contributed by atoms with E-state index in [1.54, 1.807) is 25.4 Å². The van der Waals surface area contributed by atoms with Crippen LogP contribution < -0.4 is 10.1 Å².